The molecule has 2 saturated heterocycles. The lowest BCUT2D eigenvalue weighted by Gasteiger charge is -2.22. The molecule has 0 N–H and O–H groups in total. The number of nitrogens with zero attached hydrogens (tertiary/aromatic N) is 3. The lowest BCUT2D eigenvalue weighted by molar-refractivity contribution is -0.129. The Balaban J connectivity index is 1.66. The third-order valence-electron chi connectivity index (χ3n) is 6.10. The van der Waals surface area contributed by atoms with Gasteiger partial charge in [0.15, 0.2) is 0 Å². The third kappa shape index (κ3) is 3.88. The second-order valence-corrected chi connectivity index (χ2v) is 9.00. The highest BCUT2D eigenvalue weighted by molar-refractivity contribution is 7.21. The smallest absolute Gasteiger partial charge is 0.264 e. The molecule has 2 aliphatic rings. The van der Waals surface area contributed by atoms with E-state index in [0.717, 1.165) is 39.9 Å². The van der Waals surface area contributed by atoms with Gasteiger partial charge in [-0.15, -0.1) is 11.3 Å². The Hall–Kier alpha value is -2.41. The van der Waals surface area contributed by atoms with E-state index in [1.165, 1.54) is 0 Å². The maximum atomic E-state index is 13.5. The summed E-state index contributed by atoms with van der Waals surface area (Å²) in [6, 6.07) is 8.18. The Morgan fingerprint density at radius 2 is 1.59 bits per heavy atom. The molecule has 0 bridgehead atoms. The number of carbonyl (C=O) groups is 3. The van der Waals surface area contributed by atoms with Crippen molar-refractivity contribution in [1.82, 2.24) is 14.7 Å². The van der Waals surface area contributed by atoms with Crippen LogP contribution in [0, 0.1) is 0 Å². The summed E-state index contributed by atoms with van der Waals surface area (Å²) in [7, 11) is 0. The maximum absolute atomic E-state index is 13.5. The quantitative estimate of drug-likeness (QED) is 0.761. The van der Waals surface area contributed by atoms with Crippen molar-refractivity contribution in [2.45, 2.75) is 32.6 Å². The van der Waals surface area contributed by atoms with Crippen molar-refractivity contribution in [3.8, 4) is 0 Å². The van der Waals surface area contributed by atoms with E-state index < -0.39 is 0 Å². The van der Waals surface area contributed by atoms with Crippen molar-refractivity contribution in [2.75, 3.05) is 39.3 Å². The second-order valence-electron chi connectivity index (χ2n) is 7.94. The van der Waals surface area contributed by atoms with Crippen LogP contribution in [0.3, 0.4) is 0 Å². The monoisotopic (exact) mass is 413 g/mol. The standard InChI is InChI=1S/C22H27N3O3S/c1-15(26)23-9-5-10-24(13-12-23)22(28)21-20(17-8-11-25(14-17)16(2)27)18-6-3-4-7-19(18)29-21/h3-4,6-7,17H,5,8-14H2,1-2H3. The molecule has 0 saturated carbocycles. The fourth-order valence-electron chi connectivity index (χ4n) is 4.49. The summed E-state index contributed by atoms with van der Waals surface area (Å²) in [5.74, 6) is 0.413. The highest BCUT2D eigenvalue weighted by Gasteiger charge is 2.33. The van der Waals surface area contributed by atoms with E-state index in [0.29, 0.717) is 32.7 Å². The number of amides is 3. The highest BCUT2D eigenvalue weighted by atomic mass is 32.1. The molecule has 2 fully saturated rings. The largest absolute Gasteiger partial charge is 0.342 e. The summed E-state index contributed by atoms with van der Waals surface area (Å²) in [4.78, 5) is 43.5. The number of thiophene rings is 1. The van der Waals surface area contributed by atoms with Gasteiger partial charge in [0.1, 0.15) is 0 Å². The van der Waals surface area contributed by atoms with E-state index >= 15 is 0 Å². The van der Waals surface area contributed by atoms with Gasteiger partial charge in [0, 0.05) is 63.7 Å². The van der Waals surface area contributed by atoms with E-state index in [2.05, 4.69) is 12.1 Å². The van der Waals surface area contributed by atoms with Gasteiger partial charge in [-0.1, -0.05) is 18.2 Å². The van der Waals surface area contributed by atoms with Crippen LogP contribution in [0.5, 0.6) is 0 Å². The van der Waals surface area contributed by atoms with E-state index in [4.69, 9.17) is 0 Å². The first-order valence-corrected chi connectivity index (χ1v) is 11.1. The maximum Gasteiger partial charge on any atom is 0.264 e. The van der Waals surface area contributed by atoms with Gasteiger partial charge in [0.05, 0.1) is 4.88 Å². The average Bonchev–Trinajstić information content (AvgIpc) is 3.24. The first-order valence-electron chi connectivity index (χ1n) is 10.3. The Labute approximate surface area is 175 Å². The van der Waals surface area contributed by atoms with E-state index in [1.54, 1.807) is 25.2 Å². The van der Waals surface area contributed by atoms with Crippen LogP contribution >= 0.6 is 11.3 Å². The van der Waals surface area contributed by atoms with Crippen molar-refractivity contribution in [1.29, 1.82) is 0 Å². The van der Waals surface area contributed by atoms with Crippen LogP contribution in [0.1, 0.15) is 47.8 Å². The van der Waals surface area contributed by atoms with Gasteiger partial charge in [0.2, 0.25) is 11.8 Å². The van der Waals surface area contributed by atoms with Crippen LogP contribution in [0.2, 0.25) is 0 Å². The van der Waals surface area contributed by atoms with Crippen molar-refractivity contribution in [2.24, 2.45) is 0 Å². The number of benzene rings is 1. The fourth-order valence-corrected chi connectivity index (χ4v) is 5.75. The van der Waals surface area contributed by atoms with E-state index in [9.17, 15) is 14.4 Å². The number of carbonyl (C=O) groups excluding carboxylic acids is 3. The SMILES string of the molecule is CC(=O)N1CCCN(C(=O)c2sc3ccccc3c2C2CCN(C(C)=O)C2)CC1. The molecule has 154 valence electrons. The normalized spacial score (nSPS) is 20.2. The second kappa shape index (κ2) is 8.14. The van der Waals surface area contributed by atoms with Crippen molar-refractivity contribution in [3.05, 3.63) is 34.7 Å². The van der Waals surface area contributed by atoms with Crippen LogP contribution in [-0.4, -0.2) is 71.7 Å². The van der Waals surface area contributed by atoms with Gasteiger partial charge in [0.25, 0.3) is 5.91 Å². The van der Waals surface area contributed by atoms with Crippen LogP contribution in [0.25, 0.3) is 10.1 Å². The molecule has 0 spiro atoms. The minimum Gasteiger partial charge on any atom is -0.342 e. The van der Waals surface area contributed by atoms with E-state index in [1.807, 2.05) is 26.8 Å². The van der Waals surface area contributed by atoms with Gasteiger partial charge in [-0.2, -0.15) is 0 Å². The molecule has 29 heavy (non-hydrogen) atoms. The fraction of sp³-hybridized carbons (Fsp3) is 0.500. The van der Waals surface area contributed by atoms with Crippen molar-refractivity contribution in [3.63, 3.8) is 0 Å². The summed E-state index contributed by atoms with van der Waals surface area (Å²) in [5.41, 5.74) is 1.10. The predicted octanol–water partition coefficient (Wildman–Crippen LogP) is 2.93. The molecule has 0 radical (unpaired) electrons. The number of hydrogen-bond acceptors (Lipinski definition) is 4. The molecule has 6 nitrogen and oxygen atoms in total. The number of fused-ring (bicyclic) bond motifs is 1. The first kappa shape index (κ1) is 19.9. The Kier molecular flexibility index (Phi) is 5.58. The molecule has 1 aromatic heterocycles. The molecule has 3 heterocycles. The number of hydrogen-bond donors (Lipinski definition) is 0. The average molecular weight is 414 g/mol. The molecule has 7 heteroatoms. The summed E-state index contributed by atoms with van der Waals surface area (Å²) < 4.78 is 1.12. The van der Waals surface area contributed by atoms with Gasteiger partial charge >= 0.3 is 0 Å². The molecule has 3 amide bonds. The van der Waals surface area contributed by atoms with Crippen molar-refractivity contribution < 1.29 is 14.4 Å². The van der Waals surface area contributed by atoms with Gasteiger partial charge < -0.3 is 14.7 Å². The lowest BCUT2D eigenvalue weighted by Crippen LogP contribution is -2.36. The third-order valence-corrected chi connectivity index (χ3v) is 7.27. The van der Waals surface area contributed by atoms with Crippen LogP contribution in [0.4, 0.5) is 0 Å². The molecule has 0 aliphatic carbocycles. The van der Waals surface area contributed by atoms with Gasteiger partial charge in [-0.3, -0.25) is 14.4 Å². The Morgan fingerprint density at radius 1 is 0.897 bits per heavy atom. The minimum atomic E-state index is 0.0628. The Morgan fingerprint density at radius 3 is 2.31 bits per heavy atom. The Bertz CT molecular complexity index is 954. The lowest BCUT2D eigenvalue weighted by atomic mass is 9.94. The molecule has 4 rings (SSSR count). The molecule has 2 aliphatic heterocycles. The summed E-state index contributed by atoms with van der Waals surface area (Å²) in [6.45, 7) is 7.14. The van der Waals surface area contributed by atoms with Crippen LogP contribution in [-0.2, 0) is 9.59 Å². The summed E-state index contributed by atoms with van der Waals surface area (Å²) >= 11 is 1.56. The topological polar surface area (TPSA) is 60.9 Å². The zero-order chi connectivity index (χ0) is 20.5. The van der Waals surface area contributed by atoms with Gasteiger partial charge in [-0.25, -0.2) is 0 Å². The highest BCUT2D eigenvalue weighted by Crippen LogP contribution is 2.40. The van der Waals surface area contributed by atoms with Crippen molar-refractivity contribution >= 4 is 39.1 Å². The molecule has 2 aromatic rings. The zero-order valence-corrected chi connectivity index (χ0v) is 17.8. The van der Waals surface area contributed by atoms with Crippen LogP contribution < -0.4 is 0 Å². The zero-order valence-electron chi connectivity index (χ0n) is 17.0. The molecular weight excluding hydrogens is 386 g/mol. The van der Waals surface area contributed by atoms with Crippen LogP contribution in [0.15, 0.2) is 24.3 Å². The molecule has 1 unspecified atom stereocenters. The molecular formula is C22H27N3O3S. The summed E-state index contributed by atoms with van der Waals surface area (Å²) in [5, 5.41) is 1.14. The molecule has 1 aromatic carbocycles. The minimum absolute atomic E-state index is 0.0628. The first-order chi connectivity index (χ1) is 14.0. The predicted molar refractivity (Wildman–Crippen MR) is 114 cm³/mol. The summed E-state index contributed by atoms with van der Waals surface area (Å²) in [6.07, 6.45) is 1.69. The van der Waals surface area contributed by atoms with E-state index in [-0.39, 0.29) is 23.6 Å². The molecule has 1 atom stereocenters. The van der Waals surface area contributed by atoms with Gasteiger partial charge in [-0.05, 0) is 29.9 Å². The number of likely N-dealkylation sites (tertiary alicyclic amines) is 1. The number of rotatable bonds is 2.